The monoisotopic (exact) mass is 708 g/mol. The third-order valence-corrected chi connectivity index (χ3v) is 13.0. The predicted octanol–water partition coefficient (Wildman–Crippen LogP) is 13.8. The first kappa shape index (κ1) is 31.4. The van der Waals surface area contributed by atoms with E-state index >= 15 is 0 Å². The number of nitrogens with zero attached hydrogens (tertiary/aromatic N) is 2. The van der Waals surface area contributed by atoms with Gasteiger partial charge in [-0.05, 0) is 80.3 Å². The van der Waals surface area contributed by atoms with Crippen LogP contribution in [0, 0.1) is 0 Å². The molecule has 0 aliphatic heterocycles. The average molecular weight is 709 g/mol. The van der Waals surface area contributed by atoms with E-state index < -0.39 is 0 Å². The standard InChI is InChI=1S/C51H36N2S/c1-51(2)43-24-13-21-39(47(43)42-27-26-31-14-6-7-17-33(31)48(42)51)36-28-29-37(35-19-9-8-18-34(35)36)44-30-45(53-50(52-44)32-15-4-3-5-16-32)41-23-12-22-40-38-20-10-11-25-46(38)54-49(40)41/h3-25,28-30H,26-27H2,1-2H3. The molecule has 0 N–H and O–H groups in total. The summed E-state index contributed by atoms with van der Waals surface area (Å²) in [6.45, 7) is 4.83. The van der Waals surface area contributed by atoms with Crippen LogP contribution >= 0.6 is 11.3 Å². The first-order valence-corrected chi connectivity index (χ1v) is 19.7. The molecule has 2 aliphatic carbocycles. The molecule has 0 atom stereocenters. The number of fused-ring (bicyclic) bond motifs is 8. The lowest BCUT2D eigenvalue weighted by Crippen LogP contribution is -2.18. The Hall–Kier alpha value is -6.16. The lowest BCUT2D eigenvalue weighted by Gasteiger charge is -2.29. The maximum Gasteiger partial charge on any atom is 0.160 e. The van der Waals surface area contributed by atoms with E-state index in [4.69, 9.17) is 9.97 Å². The lowest BCUT2D eigenvalue weighted by atomic mass is 9.75. The summed E-state index contributed by atoms with van der Waals surface area (Å²) in [5.41, 5.74) is 16.4. The van der Waals surface area contributed by atoms with Gasteiger partial charge in [0.1, 0.15) is 0 Å². The van der Waals surface area contributed by atoms with E-state index in [1.54, 1.807) is 0 Å². The zero-order chi connectivity index (χ0) is 36.0. The molecule has 11 rings (SSSR count). The third-order valence-electron chi connectivity index (χ3n) is 11.8. The molecule has 2 heterocycles. The summed E-state index contributed by atoms with van der Waals surface area (Å²) in [5.74, 6) is 0.731. The van der Waals surface area contributed by atoms with Gasteiger partial charge in [-0.15, -0.1) is 11.3 Å². The molecule has 256 valence electrons. The maximum atomic E-state index is 5.31. The molecule has 2 aromatic heterocycles. The molecule has 0 saturated carbocycles. The second kappa shape index (κ2) is 11.9. The SMILES string of the molecule is CC1(C)C2=C(CCc3ccccc32)c2c(-c3ccc(-c4cc(-c5cccc6c5sc5ccccc56)nc(-c5ccccc5)n4)c4ccccc34)cccc21. The van der Waals surface area contributed by atoms with Crippen LogP contribution in [-0.4, -0.2) is 9.97 Å². The summed E-state index contributed by atoms with van der Waals surface area (Å²) in [7, 11) is 0. The van der Waals surface area contributed by atoms with Gasteiger partial charge in [0.05, 0.1) is 11.4 Å². The number of rotatable bonds is 4. The van der Waals surface area contributed by atoms with Crippen LogP contribution in [0.1, 0.15) is 42.5 Å². The molecule has 2 aliphatic rings. The highest BCUT2D eigenvalue weighted by Gasteiger charge is 2.41. The van der Waals surface area contributed by atoms with Crippen LogP contribution in [0.3, 0.4) is 0 Å². The molecule has 0 unspecified atom stereocenters. The van der Waals surface area contributed by atoms with Gasteiger partial charge >= 0.3 is 0 Å². The minimum Gasteiger partial charge on any atom is -0.228 e. The van der Waals surface area contributed by atoms with Gasteiger partial charge in [-0.3, -0.25) is 0 Å². The van der Waals surface area contributed by atoms with Crippen LogP contribution in [0.4, 0.5) is 0 Å². The molecular formula is C51H36N2S. The molecule has 54 heavy (non-hydrogen) atoms. The molecule has 0 bridgehead atoms. The highest BCUT2D eigenvalue weighted by molar-refractivity contribution is 7.26. The number of hydrogen-bond acceptors (Lipinski definition) is 3. The zero-order valence-corrected chi connectivity index (χ0v) is 31.0. The Morgan fingerprint density at radius 2 is 1.13 bits per heavy atom. The van der Waals surface area contributed by atoms with Gasteiger partial charge in [0.25, 0.3) is 0 Å². The van der Waals surface area contributed by atoms with Gasteiger partial charge in [-0.1, -0.05) is 159 Å². The number of aryl methyl sites for hydroxylation is 1. The molecule has 9 aromatic rings. The molecule has 7 aromatic carbocycles. The largest absolute Gasteiger partial charge is 0.228 e. The first-order chi connectivity index (χ1) is 26.5. The maximum absolute atomic E-state index is 5.31. The minimum atomic E-state index is -0.0740. The van der Waals surface area contributed by atoms with Crippen molar-refractivity contribution in [3.8, 4) is 45.0 Å². The number of allylic oxidation sites excluding steroid dienone is 2. The van der Waals surface area contributed by atoms with Crippen molar-refractivity contribution in [2.75, 3.05) is 0 Å². The molecule has 0 radical (unpaired) electrons. The molecule has 0 fully saturated rings. The number of benzene rings is 7. The first-order valence-electron chi connectivity index (χ1n) is 18.9. The van der Waals surface area contributed by atoms with Gasteiger partial charge in [-0.2, -0.15) is 0 Å². The van der Waals surface area contributed by atoms with Crippen molar-refractivity contribution in [2.24, 2.45) is 0 Å². The van der Waals surface area contributed by atoms with Crippen LogP contribution in [0.15, 0.2) is 158 Å². The Morgan fingerprint density at radius 3 is 1.98 bits per heavy atom. The highest BCUT2D eigenvalue weighted by Crippen LogP contribution is 2.57. The molecule has 0 amide bonds. The van der Waals surface area contributed by atoms with E-state index in [2.05, 4.69) is 166 Å². The van der Waals surface area contributed by atoms with Crippen molar-refractivity contribution in [1.29, 1.82) is 0 Å². The molecule has 2 nitrogen and oxygen atoms in total. The van der Waals surface area contributed by atoms with Crippen molar-refractivity contribution in [2.45, 2.75) is 32.1 Å². The Kier molecular flexibility index (Phi) is 6.93. The second-order valence-corrected chi connectivity index (χ2v) is 16.2. The smallest absolute Gasteiger partial charge is 0.160 e. The van der Waals surface area contributed by atoms with Gasteiger partial charge in [0, 0.05) is 42.3 Å². The zero-order valence-electron chi connectivity index (χ0n) is 30.2. The van der Waals surface area contributed by atoms with Gasteiger partial charge in [-0.25, -0.2) is 9.97 Å². The van der Waals surface area contributed by atoms with Crippen LogP contribution in [-0.2, 0) is 11.8 Å². The normalized spacial score (nSPS) is 14.4. The summed E-state index contributed by atoms with van der Waals surface area (Å²) in [4.78, 5) is 10.6. The summed E-state index contributed by atoms with van der Waals surface area (Å²) in [6.07, 6.45) is 2.14. The Labute approximate surface area is 319 Å². The average Bonchev–Trinajstić information content (AvgIpc) is 3.73. The summed E-state index contributed by atoms with van der Waals surface area (Å²) < 4.78 is 2.54. The van der Waals surface area contributed by atoms with Gasteiger partial charge in [0.15, 0.2) is 5.82 Å². The minimum absolute atomic E-state index is 0.0740. The van der Waals surface area contributed by atoms with E-state index in [1.807, 2.05) is 17.4 Å². The molecule has 0 saturated heterocycles. The number of hydrogen-bond donors (Lipinski definition) is 0. The van der Waals surface area contributed by atoms with E-state index in [0.717, 1.165) is 46.7 Å². The van der Waals surface area contributed by atoms with Crippen molar-refractivity contribution in [3.63, 3.8) is 0 Å². The van der Waals surface area contributed by atoms with Crippen molar-refractivity contribution < 1.29 is 0 Å². The van der Waals surface area contributed by atoms with Gasteiger partial charge in [0.2, 0.25) is 0 Å². The van der Waals surface area contributed by atoms with Crippen molar-refractivity contribution >= 4 is 53.4 Å². The Bertz CT molecular complexity index is 3020. The fraction of sp³-hybridized carbons (Fsp3) is 0.0980. The van der Waals surface area contributed by atoms with E-state index in [-0.39, 0.29) is 5.41 Å². The van der Waals surface area contributed by atoms with Crippen LogP contribution in [0.5, 0.6) is 0 Å². The lowest BCUT2D eigenvalue weighted by molar-refractivity contribution is 0.701. The van der Waals surface area contributed by atoms with Crippen LogP contribution in [0.25, 0.3) is 87.1 Å². The predicted molar refractivity (Wildman–Crippen MR) is 229 cm³/mol. The quantitative estimate of drug-likeness (QED) is 0.182. The Morgan fingerprint density at radius 1 is 0.500 bits per heavy atom. The fourth-order valence-electron chi connectivity index (χ4n) is 9.40. The molecule has 3 heteroatoms. The molecule has 0 spiro atoms. The van der Waals surface area contributed by atoms with Crippen LogP contribution < -0.4 is 0 Å². The third kappa shape index (κ3) is 4.65. The fourth-order valence-corrected chi connectivity index (χ4v) is 10.6. The van der Waals surface area contributed by atoms with E-state index in [0.29, 0.717) is 0 Å². The summed E-state index contributed by atoms with van der Waals surface area (Å²) in [5, 5.41) is 4.98. The van der Waals surface area contributed by atoms with Crippen LogP contribution in [0.2, 0.25) is 0 Å². The summed E-state index contributed by atoms with van der Waals surface area (Å²) >= 11 is 1.84. The summed E-state index contributed by atoms with van der Waals surface area (Å²) in [6, 6.07) is 57.4. The van der Waals surface area contributed by atoms with Gasteiger partial charge < -0.3 is 0 Å². The Balaban J connectivity index is 1.13. The van der Waals surface area contributed by atoms with E-state index in [9.17, 15) is 0 Å². The topological polar surface area (TPSA) is 25.8 Å². The number of aromatic nitrogens is 2. The second-order valence-electron chi connectivity index (χ2n) is 15.2. The van der Waals surface area contributed by atoms with Crippen molar-refractivity contribution in [1.82, 2.24) is 9.97 Å². The van der Waals surface area contributed by atoms with Crippen molar-refractivity contribution in [3.05, 3.63) is 180 Å². The molecular weight excluding hydrogens is 673 g/mol. The highest BCUT2D eigenvalue weighted by atomic mass is 32.1. The number of thiophene rings is 1. The van der Waals surface area contributed by atoms with E-state index in [1.165, 1.54) is 75.5 Å².